The second-order valence-electron chi connectivity index (χ2n) is 8.58. The Morgan fingerprint density at radius 1 is 0.419 bits per heavy atom. The number of H-pyrrole nitrogens is 2. The Morgan fingerprint density at radius 2 is 0.871 bits per heavy atom. The van der Waals surface area contributed by atoms with Crippen molar-refractivity contribution in [2.75, 3.05) is 0 Å². The lowest BCUT2D eigenvalue weighted by Gasteiger charge is -2.06. The first-order chi connectivity index (χ1) is 15.4. The van der Waals surface area contributed by atoms with E-state index in [0.29, 0.717) is 0 Å². The predicted octanol–water partition coefficient (Wildman–Crippen LogP) is 7.91. The molecule has 2 nitrogen and oxygen atoms in total. The number of aromatic nitrogens is 2. The minimum atomic E-state index is 1.13. The largest absolute Gasteiger partial charge is 0.354 e. The molecule has 0 spiro atoms. The molecule has 0 atom stereocenters. The van der Waals surface area contributed by atoms with Gasteiger partial charge in [0.25, 0.3) is 0 Å². The van der Waals surface area contributed by atoms with Crippen LogP contribution < -0.4 is 0 Å². The normalized spacial score (nSPS) is 11.9. The molecule has 6 rings (SSSR count). The first-order valence-corrected chi connectivity index (χ1v) is 11.3. The molecule has 152 valence electrons. The molecule has 0 aliphatic carbocycles. The molecule has 0 bridgehead atoms. The van der Waals surface area contributed by atoms with Crippen molar-refractivity contribution in [3.63, 3.8) is 0 Å². The van der Waals surface area contributed by atoms with Crippen LogP contribution in [0.5, 0.6) is 0 Å². The average Bonchev–Trinajstić information content (AvgIpc) is 3.38. The highest BCUT2D eigenvalue weighted by molar-refractivity contribution is 6.09. The summed E-state index contributed by atoms with van der Waals surface area (Å²) in [6, 6.07) is 30.6. The molecule has 0 saturated heterocycles. The van der Waals surface area contributed by atoms with Crippen LogP contribution in [0.3, 0.4) is 0 Å². The van der Waals surface area contributed by atoms with Gasteiger partial charge in [-0.15, -0.1) is 0 Å². The van der Waals surface area contributed by atoms with Gasteiger partial charge in [-0.2, -0.15) is 0 Å². The number of hydrogen-bond acceptors (Lipinski definition) is 0. The minimum Gasteiger partial charge on any atom is -0.354 e. The molecule has 0 unspecified atom stereocenters. The highest BCUT2D eigenvalue weighted by atomic mass is 14.7. The molecule has 2 aromatic heterocycles. The van der Waals surface area contributed by atoms with Crippen LogP contribution in [0.1, 0.15) is 30.4 Å². The lowest BCUT2D eigenvalue weighted by Crippen LogP contribution is -1.91. The van der Waals surface area contributed by atoms with E-state index in [2.05, 4.69) is 94.9 Å². The standard InChI is InChI=1S/C29H26N2/c1(2-10-20-12-8-16-24-22-14-4-6-18-26(22)30-28(20)24)3-11-21-13-9-17-25-23-15-5-7-19-27(23)31-29(21)25/h4-9,12-19,30-31H,1-3,10-11H2. The van der Waals surface area contributed by atoms with Crippen LogP contribution in [0.4, 0.5) is 0 Å². The van der Waals surface area contributed by atoms with Gasteiger partial charge in [0.1, 0.15) is 0 Å². The van der Waals surface area contributed by atoms with Gasteiger partial charge in [-0.05, 0) is 48.9 Å². The Bertz CT molecular complexity index is 1400. The molecule has 31 heavy (non-hydrogen) atoms. The quantitative estimate of drug-likeness (QED) is 0.265. The number of aryl methyl sites for hydroxylation is 2. The summed E-state index contributed by atoms with van der Waals surface area (Å²) in [5, 5.41) is 5.34. The molecule has 2 N–H and O–H groups in total. The monoisotopic (exact) mass is 402 g/mol. The van der Waals surface area contributed by atoms with E-state index in [9.17, 15) is 0 Å². The van der Waals surface area contributed by atoms with Crippen LogP contribution in [0.2, 0.25) is 0 Å². The Labute approximate surface area is 181 Å². The summed E-state index contributed by atoms with van der Waals surface area (Å²) in [5.41, 5.74) is 7.96. The molecular formula is C29H26N2. The van der Waals surface area contributed by atoms with Crippen molar-refractivity contribution in [3.05, 3.63) is 96.1 Å². The first-order valence-electron chi connectivity index (χ1n) is 11.3. The van der Waals surface area contributed by atoms with E-state index >= 15 is 0 Å². The summed E-state index contributed by atoms with van der Waals surface area (Å²) in [7, 11) is 0. The third kappa shape index (κ3) is 3.19. The van der Waals surface area contributed by atoms with Crippen LogP contribution in [0.15, 0.2) is 84.9 Å². The maximum atomic E-state index is 3.64. The van der Waals surface area contributed by atoms with E-state index < -0.39 is 0 Å². The molecular weight excluding hydrogens is 376 g/mol. The van der Waals surface area contributed by atoms with Gasteiger partial charge < -0.3 is 9.97 Å². The summed E-state index contributed by atoms with van der Waals surface area (Å²) in [6.45, 7) is 0. The van der Waals surface area contributed by atoms with Gasteiger partial charge in [0.05, 0.1) is 0 Å². The minimum absolute atomic E-state index is 1.13. The maximum absolute atomic E-state index is 3.64. The topological polar surface area (TPSA) is 31.6 Å². The van der Waals surface area contributed by atoms with E-state index in [-0.39, 0.29) is 0 Å². The summed E-state index contributed by atoms with van der Waals surface area (Å²) < 4.78 is 0. The van der Waals surface area contributed by atoms with Crippen molar-refractivity contribution in [2.24, 2.45) is 0 Å². The van der Waals surface area contributed by atoms with Gasteiger partial charge in [0, 0.05) is 43.6 Å². The van der Waals surface area contributed by atoms with Gasteiger partial charge in [-0.1, -0.05) is 79.2 Å². The first kappa shape index (κ1) is 18.3. The molecule has 0 fully saturated rings. The van der Waals surface area contributed by atoms with Gasteiger partial charge in [-0.3, -0.25) is 0 Å². The predicted molar refractivity (Wildman–Crippen MR) is 133 cm³/mol. The number of hydrogen-bond donors (Lipinski definition) is 2. The van der Waals surface area contributed by atoms with Crippen molar-refractivity contribution in [1.82, 2.24) is 9.97 Å². The third-order valence-corrected chi connectivity index (χ3v) is 6.65. The van der Waals surface area contributed by atoms with Crippen molar-refractivity contribution in [3.8, 4) is 0 Å². The zero-order valence-electron chi connectivity index (χ0n) is 17.6. The number of fused-ring (bicyclic) bond motifs is 6. The van der Waals surface area contributed by atoms with Gasteiger partial charge in [0.2, 0.25) is 0 Å². The lowest BCUT2D eigenvalue weighted by molar-refractivity contribution is 0.681. The van der Waals surface area contributed by atoms with Crippen molar-refractivity contribution in [1.29, 1.82) is 0 Å². The van der Waals surface area contributed by atoms with E-state index in [0.717, 1.165) is 12.8 Å². The zero-order valence-corrected chi connectivity index (χ0v) is 17.6. The Balaban J connectivity index is 1.15. The number of benzene rings is 4. The molecule has 0 aliphatic heterocycles. The molecule has 4 aromatic carbocycles. The van der Waals surface area contributed by atoms with Crippen molar-refractivity contribution in [2.45, 2.75) is 32.1 Å². The Morgan fingerprint density at radius 3 is 1.39 bits per heavy atom. The number of unbranched alkanes of at least 4 members (excludes halogenated alkanes) is 2. The van der Waals surface area contributed by atoms with Gasteiger partial charge in [0.15, 0.2) is 0 Å². The highest BCUT2D eigenvalue weighted by Gasteiger charge is 2.09. The van der Waals surface area contributed by atoms with Crippen LogP contribution >= 0.6 is 0 Å². The molecule has 0 saturated carbocycles. The molecule has 2 heterocycles. The van der Waals surface area contributed by atoms with Gasteiger partial charge >= 0.3 is 0 Å². The van der Waals surface area contributed by atoms with E-state index in [4.69, 9.17) is 0 Å². The molecule has 6 aromatic rings. The van der Waals surface area contributed by atoms with Crippen LogP contribution in [0, 0.1) is 0 Å². The average molecular weight is 403 g/mol. The number of para-hydroxylation sites is 4. The molecule has 0 radical (unpaired) electrons. The number of nitrogens with one attached hydrogen (secondary N) is 2. The van der Waals surface area contributed by atoms with Crippen LogP contribution in [0.25, 0.3) is 43.6 Å². The van der Waals surface area contributed by atoms with E-state index in [1.54, 1.807) is 0 Å². The van der Waals surface area contributed by atoms with Crippen molar-refractivity contribution >= 4 is 43.6 Å². The summed E-state index contributed by atoms with van der Waals surface area (Å²) in [6.07, 6.45) is 5.93. The van der Waals surface area contributed by atoms with E-state index in [1.807, 2.05) is 0 Å². The fourth-order valence-electron chi connectivity index (χ4n) is 5.09. The summed E-state index contributed by atoms with van der Waals surface area (Å²) in [5.74, 6) is 0. The number of rotatable bonds is 6. The summed E-state index contributed by atoms with van der Waals surface area (Å²) >= 11 is 0. The SMILES string of the molecule is c1ccc2c(c1)[nH]c1c(CCCCCc3cccc4c3[nH]c3ccccc34)cccc12. The number of aromatic amines is 2. The van der Waals surface area contributed by atoms with E-state index in [1.165, 1.54) is 74.0 Å². The summed E-state index contributed by atoms with van der Waals surface area (Å²) in [4.78, 5) is 7.28. The second-order valence-corrected chi connectivity index (χ2v) is 8.58. The van der Waals surface area contributed by atoms with Crippen LogP contribution in [-0.2, 0) is 12.8 Å². The maximum Gasteiger partial charge on any atom is 0.0497 e. The van der Waals surface area contributed by atoms with Crippen LogP contribution in [-0.4, -0.2) is 9.97 Å². The Kier molecular flexibility index (Phi) is 4.49. The third-order valence-electron chi connectivity index (χ3n) is 6.65. The fourth-order valence-corrected chi connectivity index (χ4v) is 5.09. The molecule has 0 aliphatic rings. The zero-order chi connectivity index (χ0) is 20.6. The van der Waals surface area contributed by atoms with Crippen molar-refractivity contribution < 1.29 is 0 Å². The fraction of sp³-hybridized carbons (Fsp3) is 0.172. The molecule has 2 heteroatoms. The smallest absolute Gasteiger partial charge is 0.0497 e. The Hall–Kier alpha value is -3.52. The lowest BCUT2D eigenvalue weighted by atomic mass is 10.0. The highest BCUT2D eigenvalue weighted by Crippen LogP contribution is 2.30. The second kappa shape index (κ2) is 7.63. The van der Waals surface area contributed by atoms with Gasteiger partial charge in [-0.25, -0.2) is 0 Å². The molecule has 0 amide bonds.